The van der Waals surface area contributed by atoms with E-state index in [1.165, 1.54) is 6.07 Å². The molecule has 3 rings (SSSR count). The van der Waals surface area contributed by atoms with E-state index in [0.717, 1.165) is 11.1 Å². The topological polar surface area (TPSA) is 91.2 Å². The van der Waals surface area contributed by atoms with Crippen LogP contribution in [0, 0.1) is 11.2 Å². The summed E-state index contributed by atoms with van der Waals surface area (Å²) in [6.45, 7) is 3.71. The Morgan fingerprint density at radius 3 is 2.57 bits per heavy atom. The van der Waals surface area contributed by atoms with Crippen molar-refractivity contribution in [3.8, 4) is 11.1 Å². The van der Waals surface area contributed by atoms with Crippen molar-refractivity contribution in [2.24, 2.45) is 10.6 Å². The molecule has 6 nitrogen and oxygen atoms in total. The van der Waals surface area contributed by atoms with E-state index in [1.54, 1.807) is 18.5 Å². The monoisotopic (exact) mass is 414 g/mol. The highest BCUT2D eigenvalue weighted by Gasteiger charge is 2.37. The summed E-state index contributed by atoms with van der Waals surface area (Å²) in [7, 11) is 0. The largest absolute Gasteiger partial charge is 0.396 e. The van der Waals surface area contributed by atoms with Crippen LogP contribution in [0.4, 0.5) is 4.39 Å². The first-order valence-corrected chi connectivity index (χ1v) is 10.1. The molecular weight excluding hydrogens is 387 g/mol. The van der Waals surface area contributed by atoms with Gasteiger partial charge in [0.05, 0.1) is 11.1 Å². The van der Waals surface area contributed by atoms with Crippen LogP contribution in [0.5, 0.6) is 0 Å². The van der Waals surface area contributed by atoms with E-state index in [2.05, 4.69) is 5.16 Å². The molecule has 0 unspecified atom stereocenters. The first-order valence-electron chi connectivity index (χ1n) is 10.1. The molecule has 0 fully saturated rings. The molecule has 0 aromatic heterocycles. The van der Waals surface area contributed by atoms with Crippen molar-refractivity contribution in [2.45, 2.75) is 45.6 Å². The van der Waals surface area contributed by atoms with E-state index < -0.39 is 11.3 Å². The summed E-state index contributed by atoms with van der Waals surface area (Å²) in [5.74, 6) is -0.811. The number of oxime groups is 1. The number of carbonyl (C=O) groups is 1. The lowest BCUT2D eigenvalue weighted by Gasteiger charge is -2.27. The summed E-state index contributed by atoms with van der Waals surface area (Å²) in [4.78, 5) is 17.4. The number of nitrogens with one attached hydrogen (secondary N) is 1. The van der Waals surface area contributed by atoms with Crippen LogP contribution in [0.15, 0.2) is 47.6 Å². The lowest BCUT2D eigenvalue weighted by atomic mass is 9.80. The lowest BCUT2D eigenvalue weighted by Crippen LogP contribution is -2.39. The third-order valence-electron chi connectivity index (χ3n) is 5.81. The minimum absolute atomic E-state index is 0.0790. The molecule has 1 aliphatic rings. The summed E-state index contributed by atoms with van der Waals surface area (Å²) in [5, 5.41) is 22.1. The Kier molecular flexibility index (Phi) is 6.84. The maximum absolute atomic E-state index is 14.8. The van der Waals surface area contributed by atoms with Crippen LogP contribution >= 0.6 is 0 Å². The van der Waals surface area contributed by atoms with Gasteiger partial charge >= 0.3 is 0 Å². The van der Waals surface area contributed by atoms with Crippen molar-refractivity contribution in [3.05, 3.63) is 59.4 Å². The molecule has 160 valence electrons. The molecule has 2 aromatic carbocycles. The Labute approximate surface area is 175 Å². The number of carbonyl (C=O) groups excluding carboxylic acids is 1. The number of aliphatic hydroxyl groups is 1. The number of amides is 1. The molecule has 0 spiro atoms. The molecule has 0 radical (unpaired) electrons. The van der Waals surface area contributed by atoms with E-state index in [0.29, 0.717) is 42.5 Å². The molecule has 7 heteroatoms. The van der Waals surface area contributed by atoms with Gasteiger partial charge in [0, 0.05) is 30.6 Å². The number of hydroxylamine groups is 1. The van der Waals surface area contributed by atoms with Gasteiger partial charge in [0.15, 0.2) is 0 Å². The fourth-order valence-electron chi connectivity index (χ4n) is 3.65. The van der Waals surface area contributed by atoms with Crippen molar-refractivity contribution in [3.63, 3.8) is 0 Å². The van der Waals surface area contributed by atoms with Crippen molar-refractivity contribution in [2.75, 3.05) is 6.61 Å². The molecule has 2 atom stereocenters. The van der Waals surface area contributed by atoms with Gasteiger partial charge in [-0.05, 0) is 30.0 Å². The van der Waals surface area contributed by atoms with Gasteiger partial charge in [-0.2, -0.15) is 0 Å². The van der Waals surface area contributed by atoms with E-state index in [4.69, 9.17) is 15.2 Å². The minimum Gasteiger partial charge on any atom is -0.396 e. The number of nitrogens with zero attached hydrogens (tertiary/aromatic N) is 1. The maximum Gasteiger partial charge on any atom is 0.249 e. The second-order valence-corrected chi connectivity index (χ2v) is 7.89. The first-order chi connectivity index (χ1) is 14.4. The van der Waals surface area contributed by atoms with Crippen LogP contribution in [0.3, 0.4) is 0 Å². The van der Waals surface area contributed by atoms with E-state index in [-0.39, 0.29) is 18.5 Å². The summed E-state index contributed by atoms with van der Waals surface area (Å²) >= 11 is 0. The van der Waals surface area contributed by atoms with Crippen LogP contribution in [-0.2, 0) is 16.1 Å². The van der Waals surface area contributed by atoms with Gasteiger partial charge in [-0.25, -0.2) is 9.87 Å². The van der Waals surface area contributed by atoms with E-state index >= 15 is 0 Å². The highest BCUT2D eigenvalue weighted by Crippen LogP contribution is 2.33. The standard InChI is InChI=1S/C23H27FN2O4/c1-3-23(2,22(28)25-29)14-18-13-21(26-30-18)17-8-9-19(20(24)12-17)16-6-4-15(5-7-16)10-11-27/h4-9,12,18,27,29H,3,10-11,13-14H2,1-2H3,(H,25,28)/t18-,23-/m1/s1. The third-order valence-corrected chi connectivity index (χ3v) is 5.81. The van der Waals surface area contributed by atoms with Crippen LogP contribution in [0.1, 0.15) is 44.2 Å². The predicted molar refractivity (Wildman–Crippen MR) is 112 cm³/mol. The van der Waals surface area contributed by atoms with Crippen LogP contribution in [0.2, 0.25) is 0 Å². The van der Waals surface area contributed by atoms with E-state index in [9.17, 15) is 9.18 Å². The zero-order valence-corrected chi connectivity index (χ0v) is 17.2. The molecule has 0 saturated carbocycles. The van der Waals surface area contributed by atoms with Gasteiger partial charge in [-0.1, -0.05) is 55.4 Å². The van der Waals surface area contributed by atoms with Gasteiger partial charge in [0.1, 0.15) is 11.9 Å². The zero-order valence-electron chi connectivity index (χ0n) is 17.2. The number of benzene rings is 2. The van der Waals surface area contributed by atoms with Gasteiger partial charge < -0.3 is 9.94 Å². The molecule has 0 saturated heterocycles. The van der Waals surface area contributed by atoms with Crippen molar-refractivity contribution in [1.82, 2.24) is 5.48 Å². The summed E-state index contributed by atoms with van der Waals surface area (Å²) in [6, 6.07) is 12.4. The molecule has 3 N–H and O–H groups in total. The molecule has 30 heavy (non-hydrogen) atoms. The number of hydrogen-bond donors (Lipinski definition) is 3. The van der Waals surface area contributed by atoms with E-state index in [1.807, 2.05) is 37.3 Å². The van der Waals surface area contributed by atoms with Crippen molar-refractivity contribution < 1.29 is 24.3 Å². The Morgan fingerprint density at radius 2 is 1.97 bits per heavy atom. The summed E-state index contributed by atoms with van der Waals surface area (Å²) < 4.78 is 14.8. The van der Waals surface area contributed by atoms with Gasteiger partial charge in [-0.15, -0.1) is 0 Å². The molecule has 1 amide bonds. The Balaban J connectivity index is 1.70. The number of hydrogen-bond acceptors (Lipinski definition) is 5. The SMILES string of the molecule is CC[C@](C)(C[C@H]1CC(c2ccc(-c3ccc(CCO)cc3)c(F)c2)=NO1)C(=O)NO. The van der Waals surface area contributed by atoms with Crippen LogP contribution in [-0.4, -0.2) is 34.6 Å². The lowest BCUT2D eigenvalue weighted by molar-refractivity contribution is -0.141. The highest BCUT2D eigenvalue weighted by atomic mass is 19.1. The first kappa shape index (κ1) is 21.9. The molecule has 0 aliphatic carbocycles. The molecule has 1 aliphatic heterocycles. The Morgan fingerprint density at radius 1 is 1.27 bits per heavy atom. The second-order valence-electron chi connectivity index (χ2n) is 7.89. The molecule has 0 bridgehead atoms. The highest BCUT2D eigenvalue weighted by molar-refractivity contribution is 6.01. The molecule has 2 aromatic rings. The van der Waals surface area contributed by atoms with Crippen molar-refractivity contribution >= 4 is 11.6 Å². The average molecular weight is 414 g/mol. The molecular formula is C23H27FN2O4. The quantitative estimate of drug-likeness (QED) is 0.452. The Hall–Kier alpha value is -2.77. The number of aliphatic hydroxyl groups excluding tert-OH is 1. The number of rotatable bonds is 8. The maximum atomic E-state index is 14.8. The normalized spacial score (nSPS) is 17.8. The summed E-state index contributed by atoms with van der Waals surface area (Å²) in [6.07, 6.45) is 1.64. The van der Waals surface area contributed by atoms with Gasteiger partial charge in [-0.3, -0.25) is 10.0 Å². The Bertz CT molecular complexity index is 929. The fourth-order valence-corrected chi connectivity index (χ4v) is 3.65. The molecule has 1 heterocycles. The zero-order chi connectivity index (χ0) is 21.7. The van der Waals surface area contributed by atoms with Crippen LogP contribution in [0.25, 0.3) is 11.1 Å². The average Bonchev–Trinajstić information content (AvgIpc) is 3.22. The minimum atomic E-state index is -0.776. The smallest absolute Gasteiger partial charge is 0.249 e. The van der Waals surface area contributed by atoms with Gasteiger partial charge in [0.25, 0.3) is 0 Å². The fraction of sp³-hybridized carbons (Fsp3) is 0.391. The summed E-state index contributed by atoms with van der Waals surface area (Å²) in [5.41, 5.74) is 4.46. The predicted octanol–water partition coefficient (Wildman–Crippen LogP) is 3.83. The van der Waals surface area contributed by atoms with Gasteiger partial charge in [0.2, 0.25) is 5.91 Å². The second kappa shape index (κ2) is 9.36. The third kappa shape index (κ3) is 4.68. The van der Waals surface area contributed by atoms with Crippen LogP contribution < -0.4 is 5.48 Å². The number of halogens is 1. The van der Waals surface area contributed by atoms with Crippen molar-refractivity contribution in [1.29, 1.82) is 0 Å².